The topological polar surface area (TPSA) is 72.9 Å². The fourth-order valence-electron chi connectivity index (χ4n) is 5.24. The van der Waals surface area contributed by atoms with Gasteiger partial charge in [0, 0.05) is 31.3 Å². The van der Waals surface area contributed by atoms with Gasteiger partial charge in [0.25, 0.3) is 0 Å². The molecule has 0 amide bonds. The summed E-state index contributed by atoms with van der Waals surface area (Å²) in [6.45, 7) is 6.97. The number of carbonyl (C=O) groups excluding carboxylic acids is 1. The zero-order valence-electron chi connectivity index (χ0n) is 25.9. The molecule has 4 aromatic rings. The van der Waals surface area contributed by atoms with Crippen LogP contribution in [-0.4, -0.2) is 29.6 Å². The van der Waals surface area contributed by atoms with E-state index in [1.807, 2.05) is 81.4 Å². The lowest BCUT2D eigenvalue weighted by atomic mass is 9.93. The number of piperidine rings is 1. The molecule has 1 fully saturated rings. The van der Waals surface area contributed by atoms with Crippen LogP contribution in [0, 0.1) is 17.6 Å². The summed E-state index contributed by atoms with van der Waals surface area (Å²) in [4.78, 5) is 18.5. The average molecular weight is 616 g/mol. The zero-order valence-corrected chi connectivity index (χ0v) is 25.9. The standard InChI is InChI=1S/C36H39F2N3O4/c1-36(2,3)45-33(42)20-25-16-18-41(19-17-25)34-29(37)21-28(22-30(34)38)39-31-14-15-32(43-23-26-10-6-4-7-11-26)40-35(31)44-24-27-12-8-5-9-13-27/h4-15,21-22,25,39H,16-20,23-24H2,1-3H3. The van der Waals surface area contributed by atoms with Crippen molar-refractivity contribution in [1.29, 1.82) is 0 Å². The van der Waals surface area contributed by atoms with Gasteiger partial charge < -0.3 is 24.4 Å². The highest BCUT2D eigenvalue weighted by atomic mass is 19.1. The minimum atomic E-state index is -0.675. The van der Waals surface area contributed by atoms with Crippen LogP contribution in [0.25, 0.3) is 0 Å². The minimum absolute atomic E-state index is 0.0698. The van der Waals surface area contributed by atoms with E-state index in [1.165, 1.54) is 12.1 Å². The number of hydrogen-bond acceptors (Lipinski definition) is 7. The molecule has 7 nitrogen and oxygen atoms in total. The van der Waals surface area contributed by atoms with Crippen molar-refractivity contribution < 1.29 is 27.8 Å². The van der Waals surface area contributed by atoms with E-state index >= 15 is 8.78 Å². The summed E-state index contributed by atoms with van der Waals surface area (Å²) < 4.78 is 48.2. The van der Waals surface area contributed by atoms with Gasteiger partial charge in [-0.2, -0.15) is 4.98 Å². The second kappa shape index (κ2) is 14.4. The number of nitrogens with one attached hydrogen (secondary N) is 1. The summed E-state index contributed by atoms with van der Waals surface area (Å²) in [5.41, 5.74) is 1.98. The van der Waals surface area contributed by atoms with Gasteiger partial charge in [-0.15, -0.1) is 0 Å². The Morgan fingerprint density at radius 3 is 2.02 bits per heavy atom. The Labute approximate surface area is 263 Å². The van der Waals surface area contributed by atoms with Gasteiger partial charge in [-0.25, -0.2) is 8.78 Å². The maximum absolute atomic E-state index is 15.4. The molecular weight excluding hydrogens is 576 g/mol. The maximum Gasteiger partial charge on any atom is 0.306 e. The van der Waals surface area contributed by atoms with Gasteiger partial charge in [0.2, 0.25) is 11.8 Å². The Kier molecular flexibility index (Phi) is 10.2. The summed E-state index contributed by atoms with van der Waals surface area (Å²) in [6.07, 6.45) is 1.59. The van der Waals surface area contributed by atoms with Gasteiger partial charge in [-0.05, 0) is 68.9 Å². The lowest BCUT2D eigenvalue weighted by molar-refractivity contribution is -0.156. The first-order valence-electron chi connectivity index (χ1n) is 15.2. The van der Waals surface area contributed by atoms with E-state index in [4.69, 9.17) is 14.2 Å². The fourth-order valence-corrected chi connectivity index (χ4v) is 5.24. The van der Waals surface area contributed by atoms with Crippen molar-refractivity contribution in [1.82, 2.24) is 4.98 Å². The van der Waals surface area contributed by atoms with Crippen LogP contribution < -0.4 is 19.7 Å². The highest BCUT2D eigenvalue weighted by Crippen LogP contribution is 2.35. The Morgan fingerprint density at radius 1 is 0.867 bits per heavy atom. The van der Waals surface area contributed by atoms with Gasteiger partial charge in [0.1, 0.15) is 30.2 Å². The van der Waals surface area contributed by atoms with Crippen molar-refractivity contribution in [3.63, 3.8) is 0 Å². The van der Waals surface area contributed by atoms with Crippen molar-refractivity contribution in [2.45, 2.75) is 58.8 Å². The van der Waals surface area contributed by atoms with E-state index in [0.29, 0.717) is 50.5 Å². The molecule has 236 valence electrons. The molecular formula is C36H39F2N3O4. The SMILES string of the molecule is CC(C)(C)OC(=O)CC1CCN(c2c(F)cc(Nc3ccc(OCc4ccccc4)nc3OCc3ccccc3)cc2F)CC1. The van der Waals surface area contributed by atoms with E-state index < -0.39 is 17.2 Å². The second-order valence-electron chi connectivity index (χ2n) is 12.2. The summed E-state index contributed by atoms with van der Waals surface area (Å²) in [7, 11) is 0. The highest BCUT2D eigenvalue weighted by molar-refractivity contribution is 5.70. The lowest BCUT2D eigenvalue weighted by Crippen LogP contribution is -2.36. The number of pyridine rings is 1. The third-order valence-corrected chi connectivity index (χ3v) is 7.38. The van der Waals surface area contributed by atoms with Crippen molar-refractivity contribution in [3.8, 4) is 11.8 Å². The van der Waals surface area contributed by atoms with E-state index in [0.717, 1.165) is 11.1 Å². The Morgan fingerprint density at radius 2 is 1.44 bits per heavy atom. The largest absolute Gasteiger partial charge is 0.473 e. The molecule has 0 bridgehead atoms. The molecule has 0 radical (unpaired) electrons. The third kappa shape index (κ3) is 9.17. The van der Waals surface area contributed by atoms with Crippen LogP contribution >= 0.6 is 0 Å². The molecule has 0 spiro atoms. The summed E-state index contributed by atoms with van der Waals surface area (Å²) in [5, 5.41) is 3.08. The van der Waals surface area contributed by atoms with Crippen molar-refractivity contribution in [3.05, 3.63) is 108 Å². The number of ether oxygens (including phenoxy) is 3. The third-order valence-electron chi connectivity index (χ3n) is 7.38. The molecule has 0 aliphatic carbocycles. The number of carbonyl (C=O) groups is 1. The fraction of sp³-hybridized carbons (Fsp3) is 0.333. The molecule has 0 unspecified atom stereocenters. The van der Waals surface area contributed by atoms with E-state index in [9.17, 15) is 4.79 Å². The van der Waals surface area contributed by atoms with E-state index in [2.05, 4.69) is 10.3 Å². The van der Waals surface area contributed by atoms with Crippen molar-refractivity contribution in [2.75, 3.05) is 23.3 Å². The predicted molar refractivity (Wildman–Crippen MR) is 171 cm³/mol. The first-order valence-corrected chi connectivity index (χ1v) is 15.2. The second-order valence-corrected chi connectivity index (χ2v) is 12.2. The molecule has 1 aliphatic heterocycles. The molecule has 1 aromatic heterocycles. The monoisotopic (exact) mass is 615 g/mol. The average Bonchev–Trinajstić information content (AvgIpc) is 3.00. The summed E-state index contributed by atoms with van der Waals surface area (Å²) in [6, 6.07) is 25.3. The van der Waals surface area contributed by atoms with E-state index in [-0.39, 0.29) is 35.7 Å². The number of nitrogens with zero attached hydrogens (tertiary/aromatic N) is 2. The molecule has 0 saturated carbocycles. The maximum atomic E-state index is 15.4. The van der Waals surface area contributed by atoms with Crippen LogP contribution in [0.3, 0.4) is 0 Å². The van der Waals surface area contributed by atoms with Crippen molar-refractivity contribution >= 4 is 23.0 Å². The number of aromatic nitrogens is 1. The van der Waals surface area contributed by atoms with Gasteiger partial charge in [0.05, 0.1) is 0 Å². The molecule has 5 rings (SSSR count). The molecule has 3 aromatic carbocycles. The number of esters is 1. The van der Waals surface area contributed by atoms with Crippen molar-refractivity contribution in [2.24, 2.45) is 5.92 Å². The normalized spacial score (nSPS) is 13.8. The molecule has 1 saturated heterocycles. The molecule has 0 atom stereocenters. The highest BCUT2D eigenvalue weighted by Gasteiger charge is 2.27. The number of rotatable bonds is 11. The predicted octanol–water partition coefficient (Wildman–Crippen LogP) is 8.21. The minimum Gasteiger partial charge on any atom is -0.473 e. The first kappa shape index (κ1) is 31.8. The number of anilines is 3. The quantitative estimate of drug-likeness (QED) is 0.171. The molecule has 2 heterocycles. The number of hydrogen-bond donors (Lipinski definition) is 1. The zero-order chi connectivity index (χ0) is 31.8. The Bertz CT molecular complexity index is 1550. The number of benzene rings is 3. The van der Waals surface area contributed by atoms with Gasteiger partial charge in [-0.3, -0.25) is 4.79 Å². The molecule has 1 N–H and O–H groups in total. The lowest BCUT2D eigenvalue weighted by Gasteiger charge is -2.34. The Hall–Kier alpha value is -4.66. The van der Waals surface area contributed by atoms with Crippen LogP contribution in [-0.2, 0) is 22.7 Å². The molecule has 45 heavy (non-hydrogen) atoms. The smallest absolute Gasteiger partial charge is 0.306 e. The molecule has 1 aliphatic rings. The van der Waals surface area contributed by atoms with Crippen LogP contribution in [0.1, 0.15) is 51.2 Å². The first-order chi connectivity index (χ1) is 21.6. The van der Waals surface area contributed by atoms with Crippen LogP contribution in [0.15, 0.2) is 84.9 Å². The van der Waals surface area contributed by atoms with Crippen LogP contribution in [0.2, 0.25) is 0 Å². The van der Waals surface area contributed by atoms with Gasteiger partial charge >= 0.3 is 5.97 Å². The van der Waals surface area contributed by atoms with Gasteiger partial charge in [0.15, 0.2) is 11.6 Å². The van der Waals surface area contributed by atoms with E-state index in [1.54, 1.807) is 17.0 Å². The Balaban J connectivity index is 1.27. The van der Waals surface area contributed by atoms with Crippen LogP contribution in [0.5, 0.6) is 11.8 Å². The summed E-state index contributed by atoms with van der Waals surface area (Å²) in [5.74, 6) is -0.886. The number of halogens is 2. The van der Waals surface area contributed by atoms with Gasteiger partial charge in [-0.1, -0.05) is 60.7 Å². The summed E-state index contributed by atoms with van der Waals surface area (Å²) >= 11 is 0. The van der Waals surface area contributed by atoms with Crippen LogP contribution in [0.4, 0.5) is 25.8 Å². The molecule has 9 heteroatoms.